The first-order chi connectivity index (χ1) is 10.6. The highest BCUT2D eigenvalue weighted by atomic mass is 35.5. The highest BCUT2D eigenvalue weighted by Crippen LogP contribution is 2.31. The highest BCUT2D eigenvalue weighted by molar-refractivity contribution is 6.30. The van der Waals surface area contributed by atoms with E-state index in [-0.39, 0.29) is 23.7 Å². The fraction of sp³-hybridized carbons (Fsp3) is 0.529. The molecule has 0 radical (unpaired) electrons. The van der Waals surface area contributed by atoms with Gasteiger partial charge in [-0.3, -0.25) is 9.59 Å². The molecule has 1 aromatic carbocycles. The predicted molar refractivity (Wildman–Crippen MR) is 86.7 cm³/mol. The summed E-state index contributed by atoms with van der Waals surface area (Å²) in [6.07, 6.45) is 5.40. The lowest BCUT2D eigenvalue weighted by atomic mass is 9.81. The minimum absolute atomic E-state index is 0.000605. The zero-order valence-electron chi connectivity index (χ0n) is 12.5. The second-order valence-electron chi connectivity index (χ2n) is 6.33. The SMILES string of the molecule is O=C(Nc1ccc(Cl)cc1)C1CCC(C(=O)NC2CC2)CC1. The highest BCUT2D eigenvalue weighted by Gasteiger charge is 2.32. The van der Waals surface area contributed by atoms with Crippen molar-refractivity contribution < 1.29 is 9.59 Å². The van der Waals surface area contributed by atoms with E-state index in [4.69, 9.17) is 11.6 Å². The Kier molecular flexibility index (Phi) is 4.67. The zero-order chi connectivity index (χ0) is 15.5. The van der Waals surface area contributed by atoms with Crippen molar-refractivity contribution in [1.82, 2.24) is 5.32 Å². The lowest BCUT2D eigenvalue weighted by molar-refractivity contribution is -0.128. The molecule has 2 saturated carbocycles. The van der Waals surface area contributed by atoms with Crippen molar-refractivity contribution in [3.8, 4) is 0 Å². The fourth-order valence-electron chi connectivity index (χ4n) is 2.94. The van der Waals surface area contributed by atoms with Crippen LogP contribution < -0.4 is 10.6 Å². The molecule has 0 bridgehead atoms. The number of hydrogen-bond acceptors (Lipinski definition) is 2. The maximum atomic E-state index is 12.3. The average Bonchev–Trinajstić information content (AvgIpc) is 3.33. The first-order valence-corrected chi connectivity index (χ1v) is 8.36. The molecule has 2 amide bonds. The maximum Gasteiger partial charge on any atom is 0.227 e. The molecule has 0 spiro atoms. The van der Waals surface area contributed by atoms with Gasteiger partial charge in [0.05, 0.1) is 0 Å². The molecule has 0 aromatic heterocycles. The minimum Gasteiger partial charge on any atom is -0.353 e. The van der Waals surface area contributed by atoms with Gasteiger partial charge in [0.15, 0.2) is 0 Å². The first kappa shape index (κ1) is 15.3. The number of carbonyl (C=O) groups is 2. The Hall–Kier alpha value is -1.55. The second-order valence-corrected chi connectivity index (χ2v) is 6.76. The molecule has 5 heteroatoms. The molecule has 0 aliphatic heterocycles. The van der Waals surface area contributed by atoms with Crippen LogP contribution in [0.15, 0.2) is 24.3 Å². The summed E-state index contributed by atoms with van der Waals surface area (Å²) < 4.78 is 0. The maximum absolute atomic E-state index is 12.3. The molecule has 3 rings (SSSR count). The number of nitrogens with one attached hydrogen (secondary N) is 2. The van der Waals surface area contributed by atoms with Crippen molar-refractivity contribution in [2.45, 2.75) is 44.6 Å². The fourth-order valence-corrected chi connectivity index (χ4v) is 3.07. The van der Waals surface area contributed by atoms with Gasteiger partial charge < -0.3 is 10.6 Å². The van der Waals surface area contributed by atoms with E-state index in [0.717, 1.165) is 44.2 Å². The third kappa shape index (κ3) is 4.01. The van der Waals surface area contributed by atoms with E-state index in [1.807, 2.05) is 0 Å². The quantitative estimate of drug-likeness (QED) is 0.893. The smallest absolute Gasteiger partial charge is 0.227 e. The number of anilines is 1. The van der Waals surface area contributed by atoms with E-state index in [1.54, 1.807) is 24.3 Å². The van der Waals surface area contributed by atoms with Crippen LogP contribution in [0.2, 0.25) is 5.02 Å². The van der Waals surface area contributed by atoms with Gasteiger partial charge in [0.25, 0.3) is 0 Å². The number of amides is 2. The van der Waals surface area contributed by atoms with Crippen LogP contribution in [0.1, 0.15) is 38.5 Å². The van der Waals surface area contributed by atoms with Crippen LogP contribution in [-0.2, 0) is 9.59 Å². The number of benzene rings is 1. The van der Waals surface area contributed by atoms with Gasteiger partial charge in [-0.05, 0) is 62.8 Å². The van der Waals surface area contributed by atoms with E-state index in [1.165, 1.54) is 0 Å². The Balaban J connectivity index is 1.46. The van der Waals surface area contributed by atoms with Crippen LogP contribution in [0.5, 0.6) is 0 Å². The van der Waals surface area contributed by atoms with Crippen molar-refractivity contribution in [2.24, 2.45) is 11.8 Å². The van der Waals surface area contributed by atoms with Gasteiger partial charge in [-0.15, -0.1) is 0 Å². The van der Waals surface area contributed by atoms with Crippen molar-refractivity contribution >= 4 is 29.1 Å². The monoisotopic (exact) mass is 320 g/mol. The van der Waals surface area contributed by atoms with Crippen molar-refractivity contribution in [3.05, 3.63) is 29.3 Å². The van der Waals surface area contributed by atoms with E-state index >= 15 is 0 Å². The van der Waals surface area contributed by atoms with Gasteiger partial charge in [-0.2, -0.15) is 0 Å². The van der Waals surface area contributed by atoms with E-state index < -0.39 is 0 Å². The van der Waals surface area contributed by atoms with Crippen molar-refractivity contribution in [2.75, 3.05) is 5.32 Å². The number of hydrogen-bond donors (Lipinski definition) is 2. The largest absolute Gasteiger partial charge is 0.353 e. The molecule has 0 heterocycles. The van der Waals surface area contributed by atoms with Crippen LogP contribution >= 0.6 is 11.6 Å². The van der Waals surface area contributed by atoms with Crippen LogP contribution in [0.25, 0.3) is 0 Å². The Bertz CT molecular complexity index is 546. The van der Waals surface area contributed by atoms with Crippen LogP contribution in [0.3, 0.4) is 0 Å². The molecule has 22 heavy (non-hydrogen) atoms. The first-order valence-electron chi connectivity index (χ1n) is 7.98. The topological polar surface area (TPSA) is 58.2 Å². The zero-order valence-corrected chi connectivity index (χ0v) is 13.2. The summed E-state index contributed by atoms with van der Waals surface area (Å²) in [7, 11) is 0. The summed E-state index contributed by atoms with van der Waals surface area (Å²) in [6, 6.07) is 7.54. The van der Waals surface area contributed by atoms with Gasteiger partial charge in [-0.25, -0.2) is 0 Å². The summed E-state index contributed by atoms with van der Waals surface area (Å²) in [5.74, 6) is 0.309. The molecule has 0 atom stereocenters. The number of rotatable bonds is 4. The predicted octanol–water partition coefficient (Wildman–Crippen LogP) is 3.36. The van der Waals surface area contributed by atoms with Gasteiger partial charge in [0, 0.05) is 28.6 Å². The second kappa shape index (κ2) is 6.69. The third-order valence-corrected chi connectivity index (χ3v) is 4.76. The summed E-state index contributed by atoms with van der Waals surface area (Å²) >= 11 is 5.83. The molecule has 0 unspecified atom stereocenters. The van der Waals surface area contributed by atoms with Gasteiger partial charge in [0.1, 0.15) is 0 Å². The Morgan fingerprint density at radius 2 is 1.41 bits per heavy atom. The normalized spacial score (nSPS) is 24.6. The van der Waals surface area contributed by atoms with Crippen molar-refractivity contribution in [3.63, 3.8) is 0 Å². The van der Waals surface area contributed by atoms with Gasteiger partial charge in [0.2, 0.25) is 11.8 Å². The number of carbonyl (C=O) groups excluding carboxylic acids is 2. The standard InChI is InChI=1S/C17H21ClN2O2/c18-13-5-7-14(8-6-13)19-16(21)11-1-3-12(4-2-11)17(22)20-15-9-10-15/h5-8,11-12,15H,1-4,9-10H2,(H,19,21)(H,20,22). The lowest BCUT2D eigenvalue weighted by Gasteiger charge is -2.27. The Labute approximate surface area is 135 Å². The molecule has 4 nitrogen and oxygen atoms in total. The molecular formula is C17H21ClN2O2. The summed E-state index contributed by atoms with van der Waals surface area (Å²) in [4.78, 5) is 24.3. The number of halogens is 1. The molecular weight excluding hydrogens is 300 g/mol. The summed E-state index contributed by atoms with van der Waals surface area (Å²) in [6.45, 7) is 0. The summed E-state index contributed by atoms with van der Waals surface area (Å²) in [5, 5.41) is 6.64. The van der Waals surface area contributed by atoms with E-state index in [0.29, 0.717) is 11.1 Å². The Morgan fingerprint density at radius 1 is 0.864 bits per heavy atom. The van der Waals surface area contributed by atoms with E-state index in [9.17, 15) is 9.59 Å². The molecule has 2 aliphatic rings. The Morgan fingerprint density at radius 3 is 1.95 bits per heavy atom. The van der Waals surface area contributed by atoms with Crippen molar-refractivity contribution in [1.29, 1.82) is 0 Å². The molecule has 118 valence electrons. The average molecular weight is 321 g/mol. The van der Waals surface area contributed by atoms with Crippen LogP contribution in [-0.4, -0.2) is 17.9 Å². The van der Waals surface area contributed by atoms with Crippen LogP contribution in [0.4, 0.5) is 5.69 Å². The molecule has 0 saturated heterocycles. The molecule has 2 aliphatic carbocycles. The van der Waals surface area contributed by atoms with Crippen LogP contribution in [0, 0.1) is 11.8 Å². The molecule has 2 fully saturated rings. The minimum atomic E-state index is 0.000605. The molecule has 2 N–H and O–H groups in total. The molecule has 1 aromatic rings. The van der Waals surface area contributed by atoms with Gasteiger partial charge >= 0.3 is 0 Å². The van der Waals surface area contributed by atoms with E-state index in [2.05, 4.69) is 10.6 Å². The van der Waals surface area contributed by atoms with Gasteiger partial charge in [-0.1, -0.05) is 11.6 Å². The lowest BCUT2D eigenvalue weighted by Crippen LogP contribution is -2.36. The summed E-state index contributed by atoms with van der Waals surface area (Å²) in [5.41, 5.74) is 0.767. The third-order valence-electron chi connectivity index (χ3n) is 4.50.